The zero-order valence-corrected chi connectivity index (χ0v) is 87.2. The number of esters is 3. The molecule has 9 saturated heterocycles. The molecule has 25 N–H and O–H groups in total. The van der Waals surface area contributed by atoms with E-state index in [2.05, 4.69) is 40.0 Å². The maximum atomic E-state index is 16.7. The lowest BCUT2D eigenvalue weighted by molar-refractivity contribution is -0.385. The second-order valence-electron chi connectivity index (χ2n) is 46.2. The van der Waals surface area contributed by atoms with Gasteiger partial charge in [0, 0.05) is 23.0 Å². The molecular weight excluding hydrogens is 1990 g/mol. The van der Waals surface area contributed by atoms with E-state index in [0.29, 0.717) is 25.7 Å². The van der Waals surface area contributed by atoms with Crippen LogP contribution in [0.5, 0.6) is 0 Å². The molecule has 0 aromatic rings. The smallest absolute Gasteiger partial charge is 0.333 e. The number of hydrogen-bond acceptors (Lipinski definition) is 48. The van der Waals surface area contributed by atoms with Gasteiger partial charge in [-0.2, -0.15) is 0 Å². The van der Waals surface area contributed by atoms with Crippen molar-refractivity contribution in [3.63, 3.8) is 0 Å². The van der Waals surface area contributed by atoms with Gasteiger partial charge in [0.15, 0.2) is 62.5 Å². The van der Waals surface area contributed by atoms with Crippen LogP contribution in [0.3, 0.4) is 0 Å². The summed E-state index contributed by atoms with van der Waals surface area (Å²) in [4.78, 5) is 45.4. The maximum absolute atomic E-state index is 16.7. The van der Waals surface area contributed by atoms with Crippen LogP contribution in [0.1, 0.15) is 181 Å². The molecular formula is C102H162O48. The number of aliphatic hydroxyl groups is 25. The first-order chi connectivity index (χ1) is 70.2. The SMILES string of the molecule is C=C[C@](C)(CC/C=C(\C)C(=O)O[C@H]1[C@H](O)[C@@H](O)[C@H](O[C@](C)(C=C)CC/C=C(\C)C(=O)O[C@H]2C[C@]3(C(=O)O[C@@H]4O[C@H](CO)[C@@H](O)[C@H](O)[C@H]4O[C@@H]4O[C@@H](C)[C@H](O[C@@H]5OC[C@@H](O)[C@@H](O)[C@H]5O)[C@@H](O)[C@H]4O)[C@H](O)C[C@]4(C)C(=CC[C@H]5[C@@]6(C)CC[C@H](O[C@@H]7O[C@H](CO[C@H]8O[C@@H](C)[C@@H](O)[C@@H](O)[C@@H]8O[C@@H]8OC[C@@H](O)[C@H](O)[C@H]8O)[C@@H](O)[C@H](O)[C@H]7O[C@@H]7O[C@H](CO)[C@@H](O)[C@H](O)[C@H]7O)C(C)(C)[C@@H]6CC[C@]54C)[C@@H]3CC2(C)C)O[C@@H]1C)O[C@@H]1O[C@H](C)[C@@H](O)[C@H](O)[C@H]1O. The van der Waals surface area contributed by atoms with E-state index >= 15 is 9.59 Å². The number of allylic oxidation sites excluding steroid dienone is 4. The molecule has 0 unspecified atom stereocenters. The standard InChI is InChI=1S/C102H162O48/c1-18-97(13,149-89-75(125)65(115)58(108)42(5)134-89)29-21-23-41(4)84(129)143-78-44(7)137-90(77(127)71(78)121)150-98(14,19-2)28-20-22-40(3)83(128)141-57-34-102(94(130)148-93-82(68(118)63(113)51(36-104)139-93)146-87-76(126)70(120)79(45(8)136-87)144-85-72(122)60(110)48(105)37-131-85)47(32-95(57,9)10)46-24-25-54-99(15)30-27-56(96(11,12)53(99)26-31-100(54,16)101(46,17)33-55(102)107)142-92-81(147-88-74(124)66(116)62(112)50(35-103)138-88)69(119)64(114)52(140-92)39-133-91-80(67(117)59(109)43(6)135-91)145-86-73(123)61(111)49(106)38-132-86/h18-19,22-24,42-45,47-82,85-93,103-127H,1-2,20-21,25-39H2,3-17H3/b40-22+,41-23+/t42-,43+,44-,45+,47+,48-,49-,50-,51-,52-,53+,54+,55-,56+,57+,58-,59-,60-,61+,62-,63-,64-,65+,66+,67-,68+,69+,70+,71-,72-,73-,74-,75-,76-,77-,78-,79+,80+,81-,82-,85+,86+,87+,88+,89+,90+,91+,92+,93+,97-,98-,99+,100-,101-,102-/m1/s1. The molecule has 48 heteroatoms. The zero-order valence-electron chi connectivity index (χ0n) is 87.2. The minimum atomic E-state index is -2.17. The summed E-state index contributed by atoms with van der Waals surface area (Å²) >= 11 is 0. The van der Waals surface area contributed by atoms with Gasteiger partial charge in [-0.1, -0.05) is 84.4 Å². The van der Waals surface area contributed by atoms with Crippen LogP contribution in [0, 0.1) is 50.2 Å². The van der Waals surface area contributed by atoms with Gasteiger partial charge in [0.1, 0.15) is 182 Å². The van der Waals surface area contributed by atoms with Crippen LogP contribution in [0.25, 0.3) is 0 Å². The van der Waals surface area contributed by atoms with Gasteiger partial charge in [-0.15, -0.1) is 13.2 Å². The molecule has 9 heterocycles. The number of aliphatic hydroxyl groups excluding tert-OH is 25. The molecule has 0 bridgehead atoms. The van der Waals surface area contributed by atoms with Crippen molar-refractivity contribution in [3.8, 4) is 0 Å². The Labute approximate surface area is 869 Å². The Balaban J connectivity index is 0.710. The Morgan fingerprint density at radius 1 is 0.413 bits per heavy atom. The third-order valence-electron chi connectivity index (χ3n) is 35.6. The van der Waals surface area contributed by atoms with Gasteiger partial charge in [-0.25, -0.2) is 9.59 Å². The Morgan fingerprint density at radius 3 is 1.39 bits per heavy atom. The van der Waals surface area contributed by atoms with Crippen molar-refractivity contribution in [2.24, 2.45) is 50.2 Å². The summed E-state index contributed by atoms with van der Waals surface area (Å²) < 4.78 is 122. The molecule has 14 aliphatic rings. The Bertz CT molecular complexity index is 4640. The Kier molecular flexibility index (Phi) is 38.2. The van der Waals surface area contributed by atoms with Gasteiger partial charge in [-0.3, -0.25) is 4.79 Å². The summed E-state index contributed by atoms with van der Waals surface area (Å²) in [6.45, 7) is 30.4. The minimum Gasteiger partial charge on any atom is -0.458 e. The summed E-state index contributed by atoms with van der Waals surface area (Å²) in [6, 6.07) is 0. The molecule has 0 amide bonds. The van der Waals surface area contributed by atoms with Crippen LogP contribution in [0.4, 0.5) is 0 Å². The molecule has 0 spiro atoms. The molecule has 0 aromatic heterocycles. The third-order valence-corrected chi connectivity index (χ3v) is 35.6. The van der Waals surface area contributed by atoms with E-state index in [1.807, 2.05) is 27.7 Å². The van der Waals surface area contributed by atoms with Gasteiger partial charge < -0.3 is 222 Å². The molecule has 0 radical (unpaired) electrons. The summed E-state index contributed by atoms with van der Waals surface area (Å²) in [5.74, 6) is -4.41. The largest absolute Gasteiger partial charge is 0.458 e. The van der Waals surface area contributed by atoms with Crippen molar-refractivity contribution in [1.29, 1.82) is 0 Å². The normalized spacial score (nSPS) is 49.7. The van der Waals surface area contributed by atoms with Crippen LogP contribution in [0.2, 0.25) is 0 Å². The first kappa shape index (κ1) is 121. The fraction of sp³-hybridized carbons (Fsp3) is 0.873. The molecule has 55 atom stereocenters. The predicted octanol–water partition coefficient (Wildman–Crippen LogP) is -5.16. The Hall–Kier alpha value is -4.57. The van der Waals surface area contributed by atoms with E-state index < -0.39 is 389 Å². The highest BCUT2D eigenvalue weighted by Gasteiger charge is 2.75. The monoisotopic (exact) mass is 2160 g/mol. The van der Waals surface area contributed by atoms with Gasteiger partial charge in [0.2, 0.25) is 6.29 Å². The van der Waals surface area contributed by atoms with E-state index in [0.717, 1.165) is 5.57 Å². The van der Waals surface area contributed by atoms with Crippen LogP contribution in [-0.4, -0.2) is 472 Å². The van der Waals surface area contributed by atoms with E-state index in [1.165, 1.54) is 53.7 Å². The van der Waals surface area contributed by atoms with E-state index in [-0.39, 0.29) is 67.9 Å². The number of hydrogen-bond donors (Lipinski definition) is 25. The highest BCUT2D eigenvalue weighted by atomic mass is 16.8. The molecule has 150 heavy (non-hydrogen) atoms. The second kappa shape index (κ2) is 47.4. The first-order valence-corrected chi connectivity index (χ1v) is 52.1. The van der Waals surface area contributed by atoms with E-state index in [9.17, 15) is 132 Å². The van der Waals surface area contributed by atoms with Crippen molar-refractivity contribution in [2.45, 2.75) is 475 Å². The summed E-state index contributed by atoms with van der Waals surface area (Å²) in [5.41, 5.74) is -8.17. The molecule has 9 aliphatic heterocycles. The number of carbonyl (C=O) groups is 3. The lowest BCUT2D eigenvalue weighted by atomic mass is 9.33. The summed E-state index contributed by atoms with van der Waals surface area (Å²) in [6.07, 6.45) is -67.2. The number of ether oxygens (including phenoxy) is 20. The highest BCUT2D eigenvalue weighted by molar-refractivity contribution is 5.88. The molecule has 5 aliphatic carbocycles. The lowest BCUT2D eigenvalue weighted by Crippen LogP contribution is -2.70. The summed E-state index contributed by atoms with van der Waals surface area (Å²) in [7, 11) is 0. The average molecular weight is 2160 g/mol. The van der Waals surface area contributed by atoms with Crippen molar-refractivity contribution < 1.29 is 237 Å². The van der Waals surface area contributed by atoms with Crippen molar-refractivity contribution in [3.05, 3.63) is 60.3 Å². The Morgan fingerprint density at radius 2 is 0.833 bits per heavy atom. The fourth-order valence-electron chi connectivity index (χ4n) is 25.5. The number of rotatable bonds is 33. The van der Waals surface area contributed by atoms with Crippen LogP contribution < -0.4 is 0 Å². The molecule has 0 aromatic carbocycles. The third kappa shape index (κ3) is 23.3. The molecule has 858 valence electrons. The van der Waals surface area contributed by atoms with Crippen molar-refractivity contribution >= 4 is 17.9 Å². The highest BCUT2D eigenvalue weighted by Crippen LogP contribution is 2.77. The average Bonchev–Trinajstić information content (AvgIpc) is 0.665. The number of fused-ring (bicyclic) bond motifs is 7. The quantitative estimate of drug-likeness (QED) is 0.00960. The second-order valence-corrected chi connectivity index (χ2v) is 46.2. The topological polar surface area (TPSA) is 742 Å². The molecule has 48 nitrogen and oxygen atoms in total. The van der Waals surface area contributed by atoms with Crippen LogP contribution in [-0.2, 0) is 109 Å². The molecule has 13 fully saturated rings. The zero-order chi connectivity index (χ0) is 110. The predicted molar refractivity (Wildman–Crippen MR) is 506 cm³/mol. The molecule has 14 rings (SSSR count). The van der Waals surface area contributed by atoms with Crippen molar-refractivity contribution in [2.75, 3.05) is 33.0 Å². The van der Waals surface area contributed by atoms with Crippen LogP contribution >= 0.6 is 0 Å². The summed E-state index contributed by atoms with van der Waals surface area (Å²) in [5, 5.41) is 280. The lowest BCUT2D eigenvalue weighted by Gasteiger charge is -2.72. The van der Waals surface area contributed by atoms with Gasteiger partial charge in [0.25, 0.3) is 0 Å². The van der Waals surface area contributed by atoms with Gasteiger partial charge in [-0.05, 0) is 165 Å². The van der Waals surface area contributed by atoms with Gasteiger partial charge in [0.05, 0.1) is 80.9 Å². The van der Waals surface area contributed by atoms with E-state index in [1.54, 1.807) is 26.0 Å². The van der Waals surface area contributed by atoms with E-state index in [4.69, 9.17) is 94.7 Å². The maximum Gasteiger partial charge on any atom is 0.333 e. The number of carbonyl (C=O) groups excluding carboxylic acids is 3. The van der Waals surface area contributed by atoms with Crippen molar-refractivity contribution in [1.82, 2.24) is 0 Å². The van der Waals surface area contributed by atoms with Crippen LogP contribution in [0.15, 0.2) is 60.3 Å². The van der Waals surface area contributed by atoms with Gasteiger partial charge >= 0.3 is 17.9 Å². The molecule has 4 saturated carbocycles. The fourth-order valence-corrected chi connectivity index (χ4v) is 25.5. The minimum absolute atomic E-state index is 0.00236. The first-order valence-electron chi connectivity index (χ1n) is 52.1.